The van der Waals surface area contributed by atoms with Crippen molar-refractivity contribution in [3.63, 3.8) is 0 Å². The zero-order valence-electron chi connectivity index (χ0n) is 45.1. The van der Waals surface area contributed by atoms with Gasteiger partial charge in [0.25, 0.3) is 0 Å². The van der Waals surface area contributed by atoms with E-state index in [-0.39, 0.29) is 33.9 Å². The topological polar surface area (TPSA) is 99.4 Å². The molecule has 2 atom stereocenters. The van der Waals surface area contributed by atoms with Gasteiger partial charge in [-0.2, -0.15) is 0 Å². The van der Waals surface area contributed by atoms with Crippen LogP contribution < -0.4 is 0 Å². The minimum atomic E-state index is -1.96. The zero-order chi connectivity index (χ0) is 53.6. The number of aliphatic hydroxyl groups is 4. The largest absolute Gasteiger partial charge is 0.394 e. The molecule has 0 amide bonds. The summed E-state index contributed by atoms with van der Waals surface area (Å²) < 4.78 is 15.4. The average Bonchev–Trinajstić information content (AvgIpc) is 3.98. The molecule has 0 aliphatic carbocycles. The molecule has 78 heavy (non-hydrogen) atoms. The maximum atomic E-state index is 15.3. The van der Waals surface area contributed by atoms with Crippen LogP contribution >= 0.6 is 0 Å². The first-order chi connectivity index (χ1) is 37.3. The van der Waals surface area contributed by atoms with Crippen LogP contribution in [-0.2, 0) is 42.4 Å². The van der Waals surface area contributed by atoms with Crippen LogP contribution in [-0.4, -0.2) is 50.6 Å². The van der Waals surface area contributed by atoms with E-state index < -0.39 is 29.2 Å². The quantitative estimate of drug-likeness (QED) is 0.0894. The summed E-state index contributed by atoms with van der Waals surface area (Å²) in [6.45, 7) is 11.0. The first-order valence-corrected chi connectivity index (χ1v) is 27.1. The maximum Gasteiger partial charge on any atom is 0.169 e. The van der Waals surface area contributed by atoms with E-state index >= 15 is 10.2 Å². The number of fused-ring (bicyclic) bond motifs is 12. The summed E-state index contributed by atoms with van der Waals surface area (Å²) in [5.74, 6) is -1.20. The summed E-state index contributed by atoms with van der Waals surface area (Å²) in [4.78, 5) is 0. The Morgan fingerprint density at radius 3 is 0.731 bits per heavy atom. The Balaban J connectivity index is 0.000000718. The van der Waals surface area contributed by atoms with E-state index in [0.29, 0.717) is 35.1 Å². The molecule has 1 heterocycles. The molecule has 7 heteroatoms. The first kappa shape index (κ1) is 54.5. The third-order valence-electron chi connectivity index (χ3n) is 15.6. The maximum absolute atomic E-state index is 15.3. The molecule has 0 saturated carbocycles. The molecule has 0 aromatic heterocycles. The molecular weight excluding hydrogens is 997 g/mol. The molecule has 1 aliphatic heterocycles. The zero-order valence-corrected chi connectivity index (χ0v) is 46.7. The van der Waals surface area contributed by atoms with Crippen LogP contribution in [0.2, 0.25) is 0 Å². The number of benzene rings is 12. The summed E-state index contributed by atoms with van der Waals surface area (Å²) in [5.41, 5.74) is -1.23. The molecule has 6 nitrogen and oxygen atoms in total. The molecule has 390 valence electrons. The molecule has 1 aliphatic rings. The van der Waals surface area contributed by atoms with Gasteiger partial charge in [-0.1, -0.05) is 208 Å². The standard InChI is InChI=1S/C65H50O4.2C3H8O.Ti/c1-3-63(4-2)68-61(64(66,57-37-41-21-5-9-25-45(41)49-29-13-17-33-53(49)57)58-38-42-22-6-10-26-46(42)50-30-14-18-34-54(50)58)62(69-63)65(67,59-39-43-23-7-11-27-47(43)51-31-15-19-35-55(51)59)60-40-44-24-8-12-28-48(44)52-32-16-20-36-56(52)60;2*1-3(2)4;/h5-40,61-62,66-67H,3-4H2,1-2H3;2*3-4H,1-2H3;/t61-,62-;;;/m0.../s1. The molecule has 13 rings (SSSR count). The first-order valence-electron chi connectivity index (χ1n) is 27.1. The predicted octanol–water partition coefficient (Wildman–Crippen LogP) is 16.2. The van der Waals surface area contributed by atoms with Gasteiger partial charge >= 0.3 is 0 Å². The molecule has 0 spiro atoms. The van der Waals surface area contributed by atoms with Gasteiger partial charge in [0.2, 0.25) is 0 Å². The van der Waals surface area contributed by atoms with Crippen molar-refractivity contribution in [2.45, 2.75) is 95.8 Å². The molecule has 12 aromatic rings. The summed E-state index contributed by atoms with van der Waals surface area (Å²) in [6.07, 6.45) is -1.80. The van der Waals surface area contributed by atoms with E-state index in [9.17, 15) is 0 Å². The van der Waals surface area contributed by atoms with Crippen molar-refractivity contribution in [1.82, 2.24) is 0 Å². The summed E-state index contributed by atoms with van der Waals surface area (Å²) >= 11 is 0. The molecule has 4 N–H and O–H groups in total. The van der Waals surface area contributed by atoms with Gasteiger partial charge in [0, 0.05) is 33.9 Å². The van der Waals surface area contributed by atoms with Crippen LogP contribution in [0.1, 0.15) is 76.6 Å². The van der Waals surface area contributed by atoms with Gasteiger partial charge in [0.15, 0.2) is 5.79 Å². The SMILES string of the molecule is CC(C)O.CC(C)O.CCC1(CC)O[C@H](C(O)(c2cc3ccccc3c3ccccc23)c2cc3ccccc3c3ccccc23)[C@@H](C(O)(c2cc3ccccc3c3ccccc23)c2cc3ccccc3c3ccccc23)O1.[Ti]. The Morgan fingerprint density at radius 1 is 0.346 bits per heavy atom. The van der Waals surface area contributed by atoms with E-state index in [1.807, 2.05) is 24.3 Å². The Hall–Kier alpha value is -6.81. The molecule has 12 aromatic carbocycles. The second-order valence-electron chi connectivity index (χ2n) is 21.2. The van der Waals surface area contributed by atoms with Crippen molar-refractivity contribution in [2.24, 2.45) is 0 Å². The number of aliphatic hydroxyl groups excluding tert-OH is 2. The summed E-state index contributed by atoms with van der Waals surface area (Å²) in [7, 11) is 0. The molecular formula is C71H66O6Ti. The average molecular weight is 1060 g/mol. The van der Waals surface area contributed by atoms with Gasteiger partial charge < -0.3 is 29.9 Å². The van der Waals surface area contributed by atoms with Crippen LogP contribution in [0.3, 0.4) is 0 Å². The van der Waals surface area contributed by atoms with Crippen molar-refractivity contribution in [2.75, 3.05) is 0 Å². The van der Waals surface area contributed by atoms with Crippen LogP contribution in [0.25, 0.3) is 86.2 Å². The normalized spacial score (nSPS) is 15.5. The monoisotopic (exact) mass is 1060 g/mol. The summed E-state index contributed by atoms with van der Waals surface area (Å²) in [5, 5.41) is 62.5. The number of hydrogen-bond donors (Lipinski definition) is 4. The van der Waals surface area contributed by atoms with Crippen molar-refractivity contribution < 1.29 is 51.6 Å². The van der Waals surface area contributed by atoms with Gasteiger partial charge in [0.05, 0.1) is 0 Å². The molecule has 1 fully saturated rings. The van der Waals surface area contributed by atoms with Gasteiger partial charge in [0.1, 0.15) is 23.4 Å². The summed E-state index contributed by atoms with van der Waals surface area (Å²) in [6, 6.07) is 75.6. The van der Waals surface area contributed by atoms with Gasteiger partial charge in [-0.15, -0.1) is 0 Å². The van der Waals surface area contributed by atoms with Gasteiger partial charge in [-0.05, 0) is 173 Å². The molecule has 1 saturated heterocycles. The Bertz CT molecular complexity index is 3640. The fourth-order valence-corrected chi connectivity index (χ4v) is 12.2. The minimum absolute atomic E-state index is 0. The smallest absolute Gasteiger partial charge is 0.169 e. The third-order valence-corrected chi connectivity index (χ3v) is 15.6. The van der Waals surface area contributed by atoms with E-state index in [2.05, 4.69) is 208 Å². The second-order valence-corrected chi connectivity index (χ2v) is 21.2. The minimum Gasteiger partial charge on any atom is -0.394 e. The fourth-order valence-electron chi connectivity index (χ4n) is 12.2. The van der Waals surface area contributed by atoms with Crippen LogP contribution in [0.15, 0.2) is 218 Å². The Labute approximate surface area is 471 Å². The Kier molecular flexibility index (Phi) is 15.5. The van der Waals surface area contributed by atoms with E-state index in [4.69, 9.17) is 19.7 Å². The van der Waals surface area contributed by atoms with E-state index in [0.717, 1.165) is 86.2 Å². The number of rotatable bonds is 8. The number of hydrogen-bond acceptors (Lipinski definition) is 6. The van der Waals surface area contributed by atoms with Crippen molar-refractivity contribution >= 4 is 86.2 Å². The van der Waals surface area contributed by atoms with E-state index in [1.54, 1.807) is 27.7 Å². The van der Waals surface area contributed by atoms with Crippen molar-refractivity contribution in [3.05, 3.63) is 241 Å². The number of ether oxygens (including phenoxy) is 2. The van der Waals surface area contributed by atoms with E-state index in [1.165, 1.54) is 0 Å². The third kappa shape index (κ3) is 9.38. The van der Waals surface area contributed by atoms with Crippen molar-refractivity contribution in [1.29, 1.82) is 0 Å². The molecule has 0 unspecified atom stereocenters. The van der Waals surface area contributed by atoms with Crippen LogP contribution in [0.4, 0.5) is 0 Å². The van der Waals surface area contributed by atoms with Crippen LogP contribution in [0, 0.1) is 0 Å². The predicted molar refractivity (Wildman–Crippen MR) is 320 cm³/mol. The van der Waals surface area contributed by atoms with Crippen molar-refractivity contribution in [3.8, 4) is 0 Å². The Morgan fingerprint density at radius 2 is 0.526 bits per heavy atom. The second kappa shape index (κ2) is 22.1. The molecule has 0 radical (unpaired) electrons. The van der Waals surface area contributed by atoms with Gasteiger partial charge in [-0.3, -0.25) is 0 Å². The van der Waals surface area contributed by atoms with Gasteiger partial charge in [-0.25, -0.2) is 0 Å². The fraction of sp³-hybridized carbons (Fsp3) is 0.211. The molecule has 0 bridgehead atoms. The van der Waals surface area contributed by atoms with Crippen LogP contribution in [0.5, 0.6) is 0 Å².